The van der Waals surface area contributed by atoms with Crippen LogP contribution in [0.1, 0.15) is 28.8 Å². The number of sulfonamides is 1. The Morgan fingerprint density at radius 2 is 1.29 bits per heavy atom. The van der Waals surface area contributed by atoms with Gasteiger partial charge < -0.3 is 14.2 Å². The molecule has 12 heteroatoms. The van der Waals surface area contributed by atoms with E-state index in [4.69, 9.17) is 14.2 Å². The van der Waals surface area contributed by atoms with Crippen LogP contribution < -0.4 is 20.7 Å². The molecule has 11 nitrogen and oxygen atoms in total. The van der Waals surface area contributed by atoms with Crippen LogP contribution in [-0.2, 0) is 50.8 Å². The molecule has 0 aliphatic rings. The molecule has 1 heterocycles. The van der Waals surface area contributed by atoms with Crippen molar-refractivity contribution >= 4 is 16.0 Å². The Balaban J connectivity index is 1.35. The van der Waals surface area contributed by atoms with Crippen LogP contribution in [0.4, 0.5) is 0 Å². The van der Waals surface area contributed by atoms with Crippen molar-refractivity contribution in [2.45, 2.75) is 57.7 Å². The topological polar surface area (TPSA) is 135 Å². The number of esters is 1. The Bertz CT molecular complexity index is 2080. The van der Waals surface area contributed by atoms with E-state index in [1.165, 1.54) is 28.8 Å². The van der Waals surface area contributed by atoms with Gasteiger partial charge in [-0.3, -0.25) is 18.7 Å². The fraction of sp³-hybridized carbons (Fsp3) is 0.216. The number of hydrogen-bond acceptors (Lipinski definition) is 8. The van der Waals surface area contributed by atoms with Gasteiger partial charge >= 0.3 is 11.7 Å². The molecule has 0 aliphatic heterocycles. The first-order chi connectivity index (χ1) is 23.6. The second-order valence-corrected chi connectivity index (χ2v) is 13.0. The lowest BCUT2D eigenvalue weighted by atomic mass is 10.2. The van der Waals surface area contributed by atoms with Gasteiger partial charge in [0.25, 0.3) is 5.56 Å². The molecule has 5 aromatic rings. The Labute approximate surface area is 284 Å². The van der Waals surface area contributed by atoms with Gasteiger partial charge in [-0.15, -0.1) is 0 Å². The van der Waals surface area contributed by atoms with Gasteiger partial charge in [0.15, 0.2) is 0 Å². The van der Waals surface area contributed by atoms with Crippen LogP contribution in [-0.4, -0.2) is 29.6 Å². The summed E-state index contributed by atoms with van der Waals surface area (Å²) in [4.78, 5) is 40.1. The molecule has 49 heavy (non-hydrogen) atoms. The van der Waals surface area contributed by atoms with Crippen molar-refractivity contribution in [1.29, 1.82) is 0 Å². The third-order valence-electron chi connectivity index (χ3n) is 7.87. The first-order valence-electron chi connectivity index (χ1n) is 15.6. The van der Waals surface area contributed by atoms with Crippen LogP contribution in [0.15, 0.2) is 130 Å². The van der Waals surface area contributed by atoms with Crippen LogP contribution in [0.3, 0.4) is 0 Å². The summed E-state index contributed by atoms with van der Waals surface area (Å²) in [6.07, 6.45) is -0.245. The lowest BCUT2D eigenvalue weighted by Gasteiger charge is -2.20. The molecule has 0 radical (unpaired) electrons. The molecule has 0 saturated heterocycles. The largest absolute Gasteiger partial charge is 0.460 e. The summed E-state index contributed by atoms with van der Waals surface area (Å²) >= 11 is 0. The minimum absolute atomic E-state index is 0.0986. The molecule has 4 aromatic carbocycles. The first kappa shape index (κ1) is 35.0. The van der Waals surface area contributed by atoms with Gasteiger partial charge in [0.1, 0.15) is 30.9 Å². The fourth-order valence-electron chi connectivity index (χ4n) is 4.99. The molecule has 0 fully saturated rings. The summed E-state index contributed by atoms with van der Waals surface area (Å²) in [5, 5.41) is 0. The SMILES string of the molecule is Cc1c(C)n(COCc2ccccc2)c(=O)n(CCC(NS(=O)(=O)c2ccc(Oc3ccccc3)cc2)C(=O)OCc2ccccc2)c1=O. The third-order valence-corrected chi connectivity index (χ3v) is 9.36. The van der Waals surface area contributed by atoms with Crippen molar-refractivity contribution in [3.8, 4) is 11.5 Å². The molecule has 0 aliphatic carbocycles. The van der Waals surface area contributed by atoms with Crippen molar-refractivity contribution in [3.05, 3.63) is 158 Å². The molecule has 1 N–H and O–H groups in total. The van der Waals surface area contributed by atoms with Gasteiger partial charge in [0, 0.05) is 17.8 Å². The monoisotopic (exact) mass is 683 g/mol. The molecule has 5 rings (SSSR count). The zero-order valence-corrected chi connectivity index (χ0v) is 28.0. The van der Waals surface area contributed by atoms with E-state index in [9.17, 15) is 22.8 Å². The number of carbonyl (C=O) groups excluding carboxylic acids is 1. The maximum Gasteiger partial charge on any atom is 0.333 e. The number of nitrogens with zero attached hydrogens (tertiary/aromatic N) is 2. The molecule has 1 atom stereocenters. The van der Waals surface area contributed by atoms with Crippen molar-refractivity contribution in [2.75, 3.05) is 0 Å². The van der Waals surface area contributed by atoms with Crippen molar-refractivity contribution < 1.29 is 27.4 Å². The maximum absolute atomic E-state index is 13.5. The summed E-state index contributed by atoms with van der Waals surface area (Å²) in [5.41, 5.74) is 1.20. The smallest absolute Gasteiger partial charge is 0.333 e. The van der Waals surface area contributed by atoms with Crippen LogP contribution in [0, 0.1) is 13.8 Å². The average Bonchev–Trinajstić information content (AvgIpc) is 3.12. The van der Waals surface area contributed by atoms with E-state index in [-0.39, 0.29) is 37.8 Å². The van der Waals surface area contributed by atoms with Crippen molar-refractivity contribution in [2.24, 2.45) is 0 Å². The number of carbonyl (C=O) groups is 1. The molecular weight excluding hydrogens is 646 g/mol. The van der Waals surface area contributed by atoms with E-state index in [0.29, 0.717) is 28.3 Å². The fourth-order valence-corrected chi connectivity index (χ4v) is 6.21. The summed E-state index contributed by atoms with van der Waals surface area (Å²) in [6, 6.07) is 31.7. The lowest BCUT2D eigenvalue weighted by Crippen LogP contribution is -2.46. The molecular formula is C37H37N3O8S. The number of hydrogen-bond donors (Lipinski definition) is 1. The number of benzene rings is 4. The van der Waals surface area contributed by atoms with Gasteiger partial charge in [-0.2, -0.15) is 4.72 Å². The van der Waals surface area contributed by atoms with Gasteiger partial charge in [0.05, 0.1) is 11.5 Å². The van der Waals surface area contributed by atoms with Crippen LogP contribution in [0.2, 0.25) is 0 Å². The molecule has 0 amide bonds. The Kier molecular flexibility index (Phi) is 11.6. The quantitative estimate of drug-likeness (QED) is 0.151. The molecule has 254 valence electrons. The van der Waals surface area contributed by atoms with E-state index in [1.807, 2.05) is 54.6 Å². The lowest BCUT2D eigenvalue weighted by molar-refractivity contribution is -0.147. The minimum Gasteiger partial charge on any atom is -0.460 e. The Morgan fingerprint density at radius 3 is 1.90 bits per heavy atom. The highest BCUT2D eigenvalue weighted by Crippen LogP contribution is 2.23. The molecule has 1 aromatic heterocycles. The van der Waals surface area contributed by atoms with E-state index in [2.05, 4.69) is 4.72 Å². The van der Waals surface area contributed by atoms with Crippen molar-refractivity contribution in [3.63, 3.8) is 0 Å². The summed E-state index contributed by atoms with van der Waals surface area (Å²) in [6.45, 7) is 3.03. The number of nitrogens with one attached hydrogen (secondary N) is 1. The standard InChI is InChI=1S/C37H37N3O8S/c1-27-28(2)40(26-46-24-29-12-6-3-7-13-29)37(43)39(35(27)41)23-22-34(36(42)47-25-30-14-8-4-9-15-30)38-49(44,45)33-20-18-32(19-21-33)48-31-16-10-5-11-17-31/h3-21,34,38H,22-26H2,1-2H3. The highest BCUT2D eigenvalue weighted by molar-refractivity contribution is 7.89. The number of aromatic nitrogens is 2. The van der Waals surface area contributed by atoms with E-state index >= 15 is 0 Å². The van der Waals surface area contributed by atoms with E-state index in [1.54, 1.807) is 50.2 Å². The predicted molar refractivity (Wildman–Crippen MR) is 184 cm³/mol. The number of rotatable bonds is 15. The summed E-state index contributed by atoms with van der Waals surface area (Å²) in [7, 11) is -4.26. The van der Waals surface area contributed by atoms with Gasteiger partial charge in [-0.1, -0.05) is 78.9 Å². The predicted octanol–water partition coefficient (Wildman–Crippen LogP) is 5.07. The van der Waals surface area contributed by atoms with Gasteiger partial charge in [-0.25, -0.2) is 13.2 Å². The average molecular weight is 684 g/mol. The highest BCUT2D eigenvalue weighted by atomic mass is 32.2. The van der Waals surface area contributed by atoms with Gasteiger partial charge in [-0.05, 0) is 67.8 Å². The van der Waals surface area contributed by atoms with Crippen molar-refractivity contribution in [1.82, 2.24) is 13.9 Å². The second-order valence-electron chi connectivity index (χ2n) is 11.3. The Morgan fingerprint density at radius 1 is 0.735 bits per heavy atom. The van der Waals surface area contributed by atoms with Crippen LogP contribution in [0.25, 0.3) is 0 Å². The minimum atomic E-state index is -4.26. The summed E-state index contributed by atoms with van der Waals surface area (Å²) in [5.74, 6) is 0.142. The highest BCUT2D eigenvalue weighted by Gasteiger charge is 2.28. The maximum atomic E-state index is 13.5. The molecule has 0 bridgehead atoms. The van der Waals surface area contributed by atoms with Crippen LogP contribution in [0.5, 0.6) is 11.5 Å². The zero-order valence-electron chi connectivity index (χ0n) is 27.2. The third kappa shape index (κ3) is 9.20. The molecule has 0 saturated carbocycles. The second kappa shape index (κ2) is 16.2. The zero-order chi connectivity index (χ0) is 34.8. The number of para-hydroxylation sites is 1. The number of ether oxygens (including phenoxy) is 3. The van der Waals surface area contributed by atoms with Crippen LogP contribution >= 0.6 is 0 Å². The normalized spacial score (nSPS) is 12.0. The Hall–Kier alpha value is -5.30. The molecule has 1 unspecified atom stereocenters. The van der Waals surface area contributed by atoms with Gasteiger partial charge in [0.2, 0.25) is 10.0 Å². The molecule has 0 spiro atoms. The summed E-state index contributed by atoms with van der Waals surface area (Å²) < 4.78 is 48.8. The first-order valence-corrected chi connectivity index (χ1v) is 17.1. The van der Waals surface area contributed by atoms with E-state index < -0.39 is 33.3 Å². The van der Waals surface area contributed by atoms with E-state index in [0.717, 1.165) is 10.1 Å².